The maximum Gasteiger partial charge on any atom is 0.336 e. The first-order valence-electron chi connectivity index (χ1n) is 7.45. The molecule has 114 valence electrons. The topological polar surface area (TPSA) is 78.4 Å². The summed E-state index contributed by atoms with van der Waals surface area (Å²) in [5.74, 6) is -0.422. The molecule has 0 atom stereocenters. The highest BCUT2D eigenvalue weighted by Gasteiger charge is 2.15. The fourth-order valence-corrected chi connectivity index (χ4v) is 2.80. The number of hydrogen-bond acceptors (Lipinski definition) is 2. The third-order valence-corrected chi connectivity index (χ3v) is 4.09. The number of hydrogen-bond donors (Lipinski definition) is 3. The second-order valence-corrected chi connectivity index (χ2v) is 5.62. The van der Waals surface area contributed by atoms with Gasteiger partial charge in [0.15, 0.2) is 0 Å². The summed E-state index contributed by atoms with van der Waals surface area (Å²) in [4.78, 5) is 23.0. The van der Waals surface area contributed by atoms with Crippen LogP contribution in [-0.4, -0.2) is 23.7 Å². The fourth-order valence-electron chi connectivity index (χ4n) is 2.80. The molecule has 0 bridgehead atoms. The van der Waals surface area contributed by atoms with E-state index in [-0.39, 0.29) is 11.6 Å². The van der Waals surface area contributed by atoms with Crippen molar-refractivity contribution in [3.05, 3.63) is 29.3 Å². The molecule has 1 aromatic carbocycles. The Morgan fingerprint density at radius 1 is 1.24 bits per heavy atom. The maximum atomic E-state index is 11.9. The number of anilines is 1. The van der Waals surface area contributed by atoms with Crippen molar-refractivity contribution < 1.29 is 14.7 Å². The summed E-state index contributed by atoms with van der Waals surface area (Å²) in [5.41, 5.74) is 1.31. The van der Waals surface area contributed by atoms with Gasteiger partial charge in [-0.05, 0) is 43.4 Å². The Morgan fingerprint density at radius 2 is 1.95 bits per heavy atom. The molecule has 5 heteroatoms. The van der Waals surface area contributed by atoms with E-state index in [0.717, 1.165) is 0 Å². The summed E-state index contributed by atoms with van der Waals surface area (Å²) in [6.07, 6.45) is 6.13. The van der Waals surface area contributed by atoms with Crippen molar-refractivity contribution in [2.45, 2.75) is 39.0 Å². The predicted molar refractivity (Wildman–Crippen MR) is 81.7 cm³/mol. The molecule has 0 aliphatic heterocycles. The van der Waals surface area contributed by atoms with Crippen LogP contribution in [-0.2, 0) is 0 Å². The molecule has 0 unspecified atom stereocenters. The molecule has 1 fully saturated rings. The van der Waals surface area contributed by atoms with E-state index in [1.807, 2.05) is 0 Å². The van der Waals surface area contributed by atoms with Crippen molar-refractivity contribution in [2.24, 2.45) is 5.92 Å². The number of amides is 2. The minimum Gasteiger partial charge on any atom is -0.478 e. The number of aromatic carboxylic acids is 1. The molecule has 1 aliphatic rings. The first-order valence-corrected chi connectivity index (χ1v) is 7.45. The number of carboxylic acid groups (broad SMARTS) is 1. The molecular formula is C16H22N2O3. The van der Waals surface area contributed by atoms with Crippen LogP contribution in [0.4, 0.5) is 10.5 Å². The molecule has 1 aliphatic carbocycles. The van der Waals surface area contributed by atoms with Crippen LogP contribution >= 0.6 is 0 Å². The normalized spacial score (nSPS) is 15.5. The lowest BCUT2D eigenvalue weighted by molar-refractivity contribution is 0.0696. The lowest BCUT2D eigenvalue weighted by atomic mass is 9.89. The van der Waals surface area contributed by atoms with E-state index in [2.05, 4.69) is 10.6 Å². The third-order valence-electron chi connectivity index (χ3n) is 4.09. The van der Waals surface area contributed by atoms with E-state index in [9.17, 15) is 9.59 Å². The summed E-state index contributed by atoms with van der Waals surface area (Å²) in [6.45, 7) is 2.38. The average molecular weight is 290 g/mol. The van der Waals surface area contributed by atoms with Crippen molar-refractivity contribution in [3.8, 4) is 0 Å². The largest absolute Gasteiger partial charge is 0.478 e. The summed E-state index contributed by atoms with van der Waals surface area (Å²) in [6, 6.07) is 4.60. The van der Waals surface area contributed by atoms with Gasteiger partial charge in [0.25, 0.3) is 0 Å². The van der Waals surface area contributed by atoms with Gasteiger partial charge in [0.1, 0.15) is 0 Å². The third kappa shape index (κ3) is 4.21. The first-order chi connectivity index (χ1) is 10.1. The molecule has 0 saturated heterocycles. The predicted octanol–water partition coefficient (Wildman–Crippen LogP) is 3.40. The lowest BCUT2D eigenvalue weighted by Crippen LogP contribution is -2.34. The molecule has 1 saturated carbocycles. The van der Waals surface area contributed by atoms with Crippen LogP contribution in [0.25, 0.3) is 0 Å². The molecule has 2 amide bonds. The number of benzene rings is 1. The van der Waals surface area contributed by atoms with Crippen LogP contribution in [0.15, 0.2) is 18.2 Å². The van der Waals surface area contributed by atoms with E-state index in [0.29, 0.717) is 23.7 Å². The van der Waals surface area contributed by atoms with Crippen molar-refractivity contribution >= 4 is 17.7 Å². The van der Waals surface area contributed by atoms with Crippen LogP contribution in [0.1, 0.15) is 48.0 Å². The van der Waals surface area contributed by atoms with E-state index in [4.69, 9.17) is 5.11 Å². The molecular weight excluding hydrogens is 268 g/mol. The molecule has 1 aromatic rings. The van der Waals surface area contributed by atoms with Gasteiger partial charge in [-0.25, -0.2) is 9.59 Å². The van der Waals surface area contributed by atoms with Crippen LogP contribution < -0.4 is 10.6 Å². The summed E-state index contributed by atoms with van der Waals surface area (Å²) in [7, 11) is 0. The number of rotatable bonds is 4. The minimum absolute atomic E-state index is 0.208. The quantitative estimate of drug-likeness (QED) is 0.795. The monoisotopic (exact) mass is 290 g/mol. The molecule has 0 heterocycles. The van der Waals surface area contributed by atoms with Crippen LogP contribution in [0.3, 0.4) is 0 Å². The summed E-state index contributed by atoms with van der Waals surface area (Å²) >= 11 is 0. The highest BCUT2D eigenvalue weighted by molar-refractivity contribution is 5.95. The number of carboxylic acids is 1. The Morgan fingerprint density at radius 3 is 2.62 bits per heavy atom. The second kappa shape index (κ2) is 7.11. The standard InChI is InChI=1S/C16H22N2O3/c1-11-13(15(19)20)8-5-9-14(11)18-16(21)17-10-12-6-3-2-4-7-12/h5,8-9,12H,2-4,6-7,10H2,1H3,(H,19,20)(H2,17,18,21). The van der Waals surface area contributed by atoms with Gasteiger partial charge in [-0.15, -0.1) is 0 Å². The Kier molecular flexibility index (Phi) is 5.20. The molecule has 21 heavy (non-hydrogen) atoms. The molecule has 5 nitrogen and oxygen atoms in total. The van der Waals surface area contributed by atoms with E-state index in [1.165, 1.54) is 38.2 Å². The maximum absolute atomic E-state index is 11.9. The Bertz CT molecular complexity index is 522. The van der Waals surface area contributed by atoms with Gasteiger partial charge in [-0.1, -0.05) is 25.3 Å². The van der Waals surface area contributed by atoms with Gasteiger partial charge < -0.3 is 15.7 Å². The van der Waals surface area contributed by atoms with Crippen LogP contribution in [0.2, 0.25) is 0 Å². The zero-order chi connectivity index (χ0) is 15.2. The molecule has 2 rings (SSSR count). The van der Waals surface area contributed by atoms with Gasteiger partial charge in [0.2, 0.25) is 0 Å². The molecule has 3 N–H and O–H groups in total. The highest BCUT2D eigenvalue weighted by atomic mass is 16.4. The minimum atomic E-state index is -0.987. The SMILES string of the molecule is Cc1c(NC(=O)NCC2CCCCC2)cccc1C(=O)O. The molecule has 0 spiro atoms. The van der Waals surface area contributed by atoms with Gasteiger partial charge in [0.05, 0.1) is 5.56 Å². The van der Waals surface area contributed by atoms with Gasteiger partial charge in [0, 0.05) is 12.2 Å². The number of carbonyl (C=O) groups is 2. The number of urea groups is 1. The van der Waals surface area contributed by atoms with Gasteiger partial charge >= 0.3 is 12.0 Å². The zero-order valence-electron chi connectivity index (χ0n) is 12.3. The van der Waals surface area contributed by atoms with E-state index >= 15 is 0 Å². The van der Waals surface area contributed by atoms with Crippen LogP contribution in [0.5, 0.6) is 0 Å². The molecule has 0 aromatic heterocycles. The molecule has 0 radical (unpaired) electrons. The average Bonchev–Trinajstić information content (AvgIpc) is 2.48. The fraction of sp³-hybridized carbons (Fsp3) is 0.500. The Balaban J connectivity index is 1.90. The van der Waals surface area contributed by atoms with Gasteiger partial charge in [-0.3, -0.25) is 0 Å². The summed E-state index contributed by atoms with van der Waals surface area (Å²) < 4.78 is 0. The Hall–Kier alpha value is -2.04. The zero-order valence-corrected chi connectivity index (χ0v) is 12.3. The van der Waals surface area contributed by atoms with Crippen molar-refractivity contribution in [1.29, 1.82) is 0 Å². The van der Waals surface area contributed by atoms with Crippen molar-refractivity contribution in [1.82, 2.24) is 5.32 Å². The van der Waals surface area contributed by atoms with E-state index in [1.54, 1.807) is 19.1 Å². The van der Waals surface area contributed by atoms with Gasteiger partial charge in [-0.2, -0.15) is 0 Å². The van der Waals surface area contributed by atoms with Crippen molar-refractivity contribution in [2.75, 3.05) is 11.9 Å². The number of nitrogens with one attached hydrogen (secondary N) is 2. The second-order valence-electron chi connectivity index (χ2n) is 5.62. The van der Waals surface area contributed by atoms with Crippen LogP contribution in [0, 0.1) is 12.8 Å². The number of carbonyl (C=O) groups excluding carboxylic acids is 1. The lowest BCUT2D eigenvalue weighted by Gasteiger charge is -2.22. The van der Waals surface area contributed by atoms with Crippen molar-refractivity contribution in [3.63, 3.8) is 0 Å². The first kappa shape index (κ1) is 15.4. The van der Waals surface area contributed by atoms with E-state index < -0.39 is 5.97 Å². The summed E-state index contributed by atoms with van der Waals surface area (Å²) in [5, 5.41) is 14.7. The highest BCUT2D eigenvalue weighted by Crippen LogP contribution is 2.23. The smallest absolute Gasteiger partial charge is 0.336 e. The Labute approximate surface area is 124 Å².